The first kappa shape index (κ1) is 33.2. The first-order chi connectivity index (χ1) is 26.8. The minimum Gasteiger partial charge on any atom is -0.310 e. The number of rotatable bonds is 5. The van der Waals surface area contributed by atoms with Crippen LogP contribution in [-0.4, -0.2) is 0 Å². The van der Waals surface area contributed by atoms with Crippen molar-refractivity contribution in [1.82, 2.24) is 0 Å². The molecule has 0 atom stereocenters. The zero-order valence-electron chi connectivity index (χ0n) is 31.8. The topological polar surface area (TPSA) is 3.24 Å². The Morgan fingerprint density at radius 3 is 1.53 bits per heavy atom. The van der Waals surface area contributed by atoms with Crippen LogP contribution in [0.5, 0.6) is 0 Å². The van der Waals surface area contributed by atoms with Crippen molar-refractivity contribution in [3.63, 3.8) is 0 Å². The van der Waals surface area contributed by atoms with E-state index in [1.54, 1.807) is 0 Å². The molecule has 0 fully saturated rings. The molecule has 10 rings (SSSR count). The number of fused-ring (bicyclic) bond motifs is 9. The predicted molar refractivity (Wildman–Crippen MR) is 236 cm³/mol. The highest BCUT2D eigenvalue weighted by Gasteiger charge is 2.45. The standard InChI is InChI=1S/C54H43N/c1-53(2)50-27-14-12-26-47(50)49-34-37(30-32-51(49)54(53,3)4)36-17-16-20-40(33-36)55(39-18-6-5-7-19-39)52-28-15-13-21-41(52)38-29-31-46-44-24-9-8-22-42(44)43-23-10-11-25-45(43)48(46)35-38/h5-35H,1-4H3. The van der Waals surface area contributed by atoms with Gasteiger partial charge in [0.25, 0.3) is 0 Å². The van der Waals surface area contributed by atoms with E-state index in [1.807, 2.05) is 0 Å². The van der Waals surface area contributed by atoms with Crippen molar-refractivity contribution in [2.45, 2.75) is 38.5 Å². The van der Waals surface area contributed by atoms with Crippen molar-refractivity contribution in [2.75, 3.05) is 4.90 Å². The van der Waals surface area contributed by atoms with Crippen molar-refractivity contribution in [3.05, 3.63) is 199 Å². The average molecular weight is 706 g/mol. The van der Waals surface area contributed by atoms with Crippen LogP contribution in [0.2, 0.25) is 0 Å². The highest BCUT2D eigenvalue weighted by Crippen LogP contribution is 2.54. The van der Waals surface area contributed by atoms with Crippen molar-refractivity contribution < 1.29 is 0 Å². The Morgan fingerprint density at radius 2 is 0.818 bits per heavy atom. The van der Waals surface area contributed by atoms with E-state index in [9.17, 15) is 0 Å². The highest BCUT2D eigenvalue weighted by molar-refractivity contribution is 6.25. The SMILES string of the molecule is CC1(C)c2ccccc2-c2cc(-c3cccc(N(c4ccccc4)c4ccccc4-c4ccc5c6ccccc6c6ccccc6c5c4)c3)ccc2C1(C)C. The molecular weight excluding hydrogens is 663 g/mol. The zero-order valence-corrected chi connectivity index (χ0v) is 31.8. The maximum absolute atomic E-state index is 2.42. The predicted octanol–water partition coefficient (Wildman–Crippen LogP) is 15.2. The Morgan fingerprint density at radius 1 is 0.309 bits per heavy atom. The molecule has 264 valence electrons. The molecule has 55 heavy (non-hydrogen) atoms. The summed E-state index contributed by atoms with van der Waals surface area (Å²) >= 11 is 0. The van der Waals surface area contributed by atoms with Crippen LogP contribution in [0.4, 0.5) is 17.1 Å². The smallest absolute Gasteiger partial charge is 0.0540 e. The van der Waals surface area contributed by atoms with Crippen molar-refractivity contribution >= 4 is 49.4 Å². The van der Waals surface area contributed by atoms with Gasteiger partial charge in [0.1, 0.15) is 0 Å². The second-order valence-corrected chi connectivity index (χ2v) is 16.1. The molecule has 0 saturated heterocycles. The monoisotopic (exact) mass is 705 g/mol. The molecule has 0 bridgehead atoms. The molecule has 0 N–H and O–H groups in total. The Balaban J connectivity index is 1.13. The molecule has 0 aliphatic heterocycles. The molecule has 1 aliphatic rings. The molecule has 9 aromatic carbocycles. The number of benzene rings is 9. The third-order valence-corrected chi connectivity index (χ3v) is 12.8. The van der Waals surface area contributed by atoms with Gasteiger partial charge in [-0.3, -0.25) is 0 Å². The lowest BCUT2D eigenvalue weighted by atomic mass is 9.55. The van der Waals surface area contributed by atoms with Crippen LogP contribution >= 0.6 is 0 Å². The lowest BCUT2D eigenvalue weighted by Crippen LogP contribution is -2.43. The minimum absolute atomic E-state index is 0.00747. The maximum Gasteiger partial charge on any atom is 0.0540 e. The van der Waals surface area contributed by atoms with Gasteiger partial charge in [-0.1, -0.05) is 173 Å². The summed E-state index contributed by atoms with van der Waals surface area (Å²) in [6, 6.07) is 69.5. The van der Waals surface area contributed by atoms with Crippen LogP contribution in [0.1, 0.15) is 38.8 Å². The van der Waals surface area contributed by atoms with Crippen LogP contribution < -0.4 is 4.90 Å². The second-order valence-electron chi connectivity index (χ2n) is 16.1. The van der Waals surface area contributed by atoms with E-state index in [0.29, 0.717) is 0 Å². The van der Waals surface area contributed by atoms with Crippen LogP contribution in [0.15, 0.2) is 188 Å². The summed E-state index contributed by atoms with van der Waals surface area (Å²) in [6.07, 6.45) is 0. The van der Waals surface area contributed by atoms with Crippen LogP contribution in [-0.2, 0) is 10.8 Å². The summed E-state index contributed by atoms with van der Waals surface area (Å²) < 4.78 is 0. The van der Waals surface area contributed by atoms with Gasteiger partial charge in [-0.25, -0.2) is 0 Å². The van der Waals surface area contributed by atoms with Gasteiger partial charge in [0.15, 0.2) is 0 Å². The van der Waals surface area contributed by atoms with Crippen molar-refractivity contribution in [1.29, 1.82) is 0 Å². The Labute approximate surface area is 324 Å². The van der Waals surface area contributed by atoms with Gasteiger partial charge in [0.05, 0.1) is 5.69 Å². The molecule has 1 aliphatic carbocycles. The quantitative estimate of drug-likeness (QED) is 0.161. The fraction of sp³-hybridized carbons (Fsp3) is 0.111. The van der Waals surface area contributed by atoms with Gasteiger partial charge in [-0.15, -0.1) is 0 Å². The lowest BCUT2D eigenvalue weighted by Gasteiger charge is -2.48. The minimum atomic E-state index is -0.0208. The first-order valence-electron chi connectivity index (χ1n) is 19.4. The summed E-state index contributed by atoms with van der Waals surface area (Å²) in [5.74, 6) is 0. The van der Waals surface area contributed by atoms with E-state index >= 15 is 0 Å². The lowest BCUT2D eigenvalue weighted by molar-refractivity contribution is 0.299. The number of nitrogens with zero attached hydrogens (tertiary/aromatic N) is 1. The number of para-hydroxylation sites is 2. The summed E-state index contributed by atoms with van der Waals surface area (Å²) in [5.41, 5.74) is 13.7. The fourth-order valence-corrected chi connectivity index (χ4v) is 9.24. The Hall–Kier alpha value is -6.44. The third-order valence-electron chi connectivity index (χ3n) is 12.8. The average Bonchev–Trinajstić information content (AvgIpc) is 3.24. The van der Waals surface area contributed by atoms with Gasteiger partial charge in [0, 0.05) is 16.9 Å². The normalized spacial score (nSPS) is 14.1. The van der Waals surface area contributed by atoms with E-state index in [0.717, 1.165) is 17.1 Å². The van der Waals surface area contributed by atoms with Crippen molar-refractivity contribution in [3.8, 4) is 33.4 Å². The Bertz CT molecular complexity index is 2900. The molecule has 0 heterocycles. The highest BCUT2D eigenvalue weighted by atomic mass is 15.1. The van der Waals surface area contributed by atoms with Crippen molar-refractivity contribution in [2.24, 2.45) is 0 Å². The van der Waals surface area contributed by atoms with Gasteiger partial charge in [0.2, 0.25) is 0 Å². The molecule has 0 radical (unpaired) electrons. The van der Waals surface area contributed by atoms with E-state index in [2.05, 4.69) is 221 Å². The van der Waals surface area contributed by atoms with E-state index in [-0.39, 0.29) is 10.8 Å². The number of anilines is 3. The number of hydrogen-bond donors (Lipinski definition) is 0. The largest absolute Gasteiger partial charge is 0.310 e. The van der Waals surface area contributed by atoms with Gasteiger partial charge < -0.3 is 4.90 Å². The summed E-state index contributed by atoms with van der Waals surface area (Å²) in [6.45, 7) is 9.59. The molecule has 0 amide bonds. The maximum atomic E-state index is 2.42. The molecule has 0 aromatic heterocycles. The Kier molecular flexibility index (Phi) is 7.58. The van der Waals surface area contributed by atoms with Gasteiger partial charge in [-0.05, 0) is 125 Å². The van der Waals surface area contributed by atoms with Gasteiger partial charge >= 0.3 is 0 Å². The molecule has 0 spiro atoms. The third kappa shape index (κ3) is 5.14. The van der Waals surface area contributed by atoms with Gasteiger partial charge in [-0.2, -0.15) is 0 Å². The number of hydrogen-bond acceptors (Lipinski definition) is 1. The molecule has 1 heteroatoms. The fourth-order valence-electron chi connectivity index (χ4n) is 9.24. The van der Waals surface area contributed by atoms with Crippen LogP contribution in [0.3, 0.4) is 0 Å². The summed E-state index contributed by atoms with van der Waals surface area (Å²) in [4.78, 5) is 2.42. The van der Waals surface area contributed by atoms with E-state index in [4.69, 9.17) is 0 Å². The van der Waals surface area contributed by atoms with Crippen LogP contribution in [0.25, 0.3) is 65.7 Å². The molecule has 9 aromatic rings. The first-order valence-corrected chi connectivity index (χ1v) is 19.4. The van der Waals surface area contributed by atoms with E-state index < -0.39 is 0 Å². The second kappa shape index (κ2) is 12.6. The molecular formula is C54H43N. The zero-order chi connectivity index (χ0) is 37.3. The van der Waals surface area contributed by atoms with Crippen LogP contribution in [0, 0.1) is 0 Å². The molecule has 1 nitrogen and oxygen atoms in total. The summed E-state index contributed by atoms with van der Waals surface area (Å²) in [7, 11) is 0. The van der Waals surface area contributed by atoms with E-state index in [1.165, 1.54) is 76.8 Å². The summed E-state index contributed by atoms with van der Waals surface area (Å²) in [5, 5.41) is 7.71. The molecule has 0 saturated carbocycles. The molecule has 0 unspecified atom stereocenters.